The minimum absolute atomic E-state index is 0.147. The zero-order chi connectivity index (χ0) is 15.1. The van der Waals surface area contributed by atoms with Gasteiger partial charge in [0, 0.05) is 13.1 Å². The van der Waals surface area contributed by atoms with Gasteiger partial charge in [0.25, 0.3) is 6.43 Å². The molecule has 1 rings (SSSR count). The summed E-state index contributed by atoms with van der Waals surface area (Å²) in [6.45, 7) is -0.203. The molecule has 5 nitrogen and oxygen atoms in total. The molecule has 0 aromatic heterocycles. The van der Waals surface area contributed by atoms with Crippen LogP contribution in [-0.2, 0) is 6.54 Å². The minimum Gasteiger partial charge on any atom is -0.496 e. The monoisotopic (exact) mass is 287 g/mol. The highest BCUT2D eigenvalue weighted by Crippen LogP contribution is 2.20. The maximum atomic E-state index is 12.4. The van der Waals surface area contributed by atoms with Crippen LogP contribution >= 0.6 is 0 Å². The van der Waals surface area contributed by atoms with E-state index in [1.54, 1.807) is 18.2 Å². The van der Waals surface area contributed by atoms with Crippen LogP contribution in [0.15, 0.2) is 18.2 Å². The molecule has 1 aromatic rings. The van der Waals surface area contributed by atoms with E-state index in [0.717, 1.165) is 5.56 Å². The third-order valence-electron chi connectivity index (χ3n) is 2.77. The molecule has 0 radical (unpaired) electrons. The summed E-state index contributed by atoms with van der Waals surface area (Å²) in [5, 5.41) is 16.4. The van der Waals surface area contributed by atoms with E-state index in [1.807, 2.05) is 0 Å². The van der Waals surface area contributed by atoms with Crippen molar-refractivity contribution in [3.63, 3.8) is 0 Å². The number of alkyl halides is 2. The van der Waals surface area contributed by atoms with Crippen molar-refractivity contribution in [3.8, 4) is 5.75 Å². The van der Waals surface area contributed by atoms with E-state index >= 15 is 0 Å². The topological polar surface area (TPSA) is 82.6 Å². The van der Waals surface area contributed by atoms with Gasteiger partial charge < -0.3 is 15.6 Å². The van der Waals surface area contributed by atoms with E-state index in [4.69, 9.17) is 21.0 Å². The Kier molecular flexibility index (Phi) is 6.33. The number of amidine groups is 1. The number of nitrogens with two attached hydrogens (primary N) is 1. The van der Waals surface area contributed by atoms with E-state index in [-0.39, 0.29) is 25.5 Å². The Morgan fingerprint density at radius 1 is 1.50 bits per heavy atom. The summed E-state index contributed by atoms with van der Waals surface area (Å²) in [5.41, 5.74) is 6.61. The molecule has 1 aromatic carbocycles. The molecule has 0 atom stereocenters. The number of aliphatic hydroxyl groups excluding tert-OH is 1. The molecule has 112 valence electrons. The zero-order valence-electron chi connectivity index (χ0n) is 11.3. The maximum absolute atomic E-state index is 12.4. The van der Waals surface area contributed by atoms with E-state index < -0.39 is 13.0 Å². The number of benzene rings is 1. The van der Waals surface area contributed by atoms with Gasteiger partial charge in [-0.3, -0.25) is 10.3 Å². The molecule has 0 fully saturated rings. The summed E-state index contributed by atoms with van der Waals surface area (Å²) >= 11 is 0. The lowest BCUT2D eigenvalue weighted by Gasteiger charge is -2.21. The fourth-order valence-electron chi connectivity index (χ4n) is 1.89. The molecule has 0 aliphatic carbocycles. The van der Waals surface area contributed by atoms with Crippen LogP contribution in [0.1, 0.15) is 11.1 Å². The maximum Gasteiger partial charge on any atom is 0.251 e. The number of nitrogens with zero attached hydrogens (tertiary/aromatic N) is 1. The van der Waals surface area contributed by atoms with E-state index in [0.29, 0.717) is 11.3 Å². The predicted molar refractivity (Wildman–Crippen MR) is 72.4 cm³/mol. The van der Waals surface area contributed by atoms with E-state index in [1.165, 1.54) is 12.0 Å². The van der Waals surface area contributed by atoms with Crippen LogP contribution < -0.4 is 10.5 Å². The van der Waals surface area contributed by atoms with Crippen LogP contribution in [0.5, 0.6) is 5.75 Å². The fourth-order valence-corrected chi connectivity index (χ4v) is 1.89. The molecule has 0 aliphatic rings. The van der Waals surface area contributed by atoms with E-state index in [2.05, 4.69) is 0 Å². The number of nitrogen functional groups attached to an aromatic ring is 1. The molecule has 0 saturated carbocycles. The van der Waals surface area contributed by atoms with Gasteiger partial charge >= 0.3 is 0 Å². The summed E-state index contributed by atoms with van der Waals surface area (Å²) in [4.78, 5) is 1.44. The molecular weight excluding hydrogens is 268 g/mol. The van der Waals surface area contributed by atoms with Crippen molar-refractivity contribution in [3.05, 3.63) is 29.3 Å². The number of rotatable bonds is 8. The van der Waals surface area contributed by atoms with Crippen molar-refractivity contribution in [1.29, 1.82) is 5.41 Å². The summed E-state index contributed by atoms with van der Waals surface area (Å²) in [5.74, 6) is 0.315. The van der Waals surface area contributed by atoms with Crippen molar-refractivity contribution < 1.29 is 18.6 Å². The van der Waals surface area contributed by atoms with Gasteiger partial charge in [0.2, 0.25) is 0 Å². The average molecular weight is 287 g/mol. The number of hydrogen-bond donors (Lipinski definition) is 3. The Labute approximate surface area is 116 Å². The van der Waals surface area contributed by atoms with Gasteiger partial charge in [-0.1, -0.05) is 6.07 Å². The average Bonchev–Trinajstić information content (AvgIpc) is 2.38. The second-order valence-corrected chi connectivity index (χ2v) is 4.30. The Hall–Kier alpha value is -1.73. The highest BCUT2D eigenvalue weighted by atomic mass is 19.3. The number of ether oxygens (including phenoxy) is 1. The van der Waals surface area contributed by atoms with Gasteiger partial charge in [-0.25, -0.2) is 8.78 Å². The van der Waals surface area contributed by atoms with Crippen molar-refractivity contribution >= 4 is 5.84 Å². The molecule has 0 heterocycles. The summed E-state index contributed by atoms with van der Waals surface area (Å²) in [7, 11) is 1.47. The van der Waals surface area contributed by atoms with Crippen LogP contribution in [0.4, 0.5) is 8.78 Å². The SMILES string of the molecule is COc1ccc(CN(CCO)CC(F)F)cc1C(=N)N. The number of halogens is 2. The first-order valence-corrected chi connectivity index (χ1v) is 6.10. The first-order valence-electron chi connectivity index (χ1n) is 6.10. The van der Waals surface area contributed by atoms with Crippen LogP contribution in [-0.4, -0.2) is 49.1 Å². The highest BCUT2D eigenvalue weighted by molar-refractivity contribution is 5.97. The zero-order valence-corrected chi connectivity index (χ0v) is 11.3. The Balaban J connectivity index is 2.89. The van der Waals surface area contributed by atoms with Crippen molar-refractivity contribution in [2.75, 3.05) is 26.8 Å². The molecule has 4 N–H and O–H groups in total. The van der Waals surface area contributed by atoms with Crippen molar-refractivity contribution in [2.45, 2.75) is 13.0 Å². The number of methoxy groups -OCH3 is 1. The third-order valence-corrected chi connectivity index (χ3v) is 2.77. The quantitative estimate of drug-likeness (QED) is 0.493. The Bertz CT molecular complexity index is 455. The lowest BCUT2D eigenvalue weighted by Crippen LogP contribution is -2.31. The molecule has 0 aliphatic heterocycles. The predicted octanol–water partition coefficient (Wildman–Crippen LogP) is 1.04. The summed E-state index contributed by atoms with van der Waals surface area (Å²) < 4.78 is 30.0. The number of aliphatic hydroxyl groups is 1. The molecule has 0 bridgehead atoms. The van der Waals surface area contributed by atoms with Gasteiger partial charge in [0.05, 0.1) is 25.8 Å². The lowest BCUT2D eigenvalue weighted by atomic mass is 10.1. The van der Waals surface area contributed by atoms with E-state index in [9.17, 15) is 8.78 Å². The van der Waals surface area contributed by atoms with Gasteiger partial charge in [-0.2, -0.15) is 0 Å². The molecule has 0 unspecified atom stereocenters. The van der Waals surface area contributed by atoms with Gasteiger partial charge in [-0.15, -0.1) is 0 Å². The molecule has 0 saturated heterocycles. The second kappa shape index (κ2) is 7.76. The fraction of sp³-hybridized carbons (Fsp3) is 0.462. The molecular formula is C13H19F2N3O2. The highest BCUT2D eigenvalue weighted by Gasteiger charge is 2.14. The van der Waals surface area contributed by atoms with Crippen LogP contribution in [0.2, 0.25) is 0 Å². The Morgan fingerprint density at radius 2 is 2.20 bits per heavy atom. The normalized spacial score (nSPS) is 11.1. The standard InChI is InChI=1S/C13H19F2N3O2/c1-20-11-3-2-9(6-10(11)13(16)17)7-18(4-5-19)8-12(14)15/h2-3,6,12,19H,4-5,7-8H2,1H3,(H3,16,17). The molecule has 0 spiro atoms. The van der Waals surface area contributed by atoms with Crippen LogP contribution in [0.25, 0.3) is 0 Å². The Morgan fingerprint density at radius 3 is 2.70 bits per heavy atom. The first kappa shape index (κ1) is 16.3. The van der Waals surface area contributed by atoms with Crippen LogP contribution in [0.3, 0.4) is 0 Å². The molecule has 0 amide bonds. The van der Waals surface area contributed by atoms with Gasteiger partial charge in [0.1, 0.15) is 11.6 Å². The smallest absolute Gasteiger partial charge is 0.251 e. The van der Waals surface area contributed by atoms with Gasteiger partial charge in [0.15, 0.2) is 0 Å². The molecule has 20 heavy (non-hydrogen) atoms. The minimum atomic E-state index is -2.47. The summed E-state index contributed by atoms with van der Waals surface area (Å²) in [6.07, 6.45) is -2.47. The third kappa shape index (κ3) is 4.75. The molecule has 7 heteroatoms. The number of nitrogens with one attached hydrogen (secondary N) is 1. The van der Waals surface area contributed by atoms with Gasteiger partial charge in [-0.05, 0) is 17.7 Å². The largest absolute Gasteiger partial charge is 0.496 e. The summed E-state index contributed by atoms with van der Waals surface area (Å²) in [6, 6.07) is 5.00. The van der Waals surface area contributed by atoms with Crippen molar-refractivity contribution in [2.24, 2.45) is 5.73 Å². The first-order chi connectivity index (χ1) is 9.47. The van der Waals surface area contributed by atoms with Crippen LogP contribution in [0, 0.1) is 5.41 Å². The van der Waals surface area contributed by atoms with Crippen molar-refractivity contribution in [1.82, 2.24) is 4.90 Å². The lowest BCUT2D eigenvalue weighted by molar-refractivity contribution is 0.0746. The number of hydrogen-bond acceptors (Lipinski definition) is 4. The second-order valence-electron chi connectivity index (χ2n) is 4.30.